The number of nitrogen functional groups attached to an aromatic ring is 1. The lowest BCUT2D eigenvalue weighted by atomic mass is 10.2. The maximum Gasteiger partial charge on any atom is 0.160 e. The van der Waals surface area contributed by atoms with Crippen LogP contribution in [-0.4, -0.2) is 19.9 Å². The molecule has 0 unspecified atom stereocenters. The second-order valence-electron chi connectivity index (χ2n) is 4.24. The third kappa shape index (κ3) is 2.16. The predicted molar refractivity (Wildman–Crippen MR) is 79.6 cm³/mol. The van der Waals surface area contributed by atoms with Crippen molar-refractivity contribution in [2.45, 2.75) is 0 Å². The fourth-order valence-corrected chi connectivity index (χ4v) is 1.89. The molecule has 1 aromatic carbocycles. The van der Waals surface area contributed by atoms with E-state index in [0.29, 0.717) is 23.0 Å². The van der Waals surface area contributed by atoms with E-state index in [0.717, 1.165) is 11.3 Å². The molecule has 0 amide bonds. The Hall–Kier alpha value is -2.95. The summed E-state index contributed by atoms with van der Waals surface area (Å²) in [4.78, 5) is 16.0. The SMILES string of the molecule is C=Cc1cnc(N)c(-c2ncc(-c3ccccc3)[nH]2)n1. The highest BCUT2D eigenvalue weighted by molar-refractivity contribution is 5.68. The molecule has 0 aliphatic carbocycles. The van der Waals surface area contributed by atoms with Crippen molar-refractivity contribution >= 4 is 11.9 Å². The van der Waals surface area contributed by atoms with E-state index < -0.39 is 0 Å². The second-order valence-corrected chi connectivity index (χ2v) is 4.24. The van der Waals surface area contributed by atoms with Crippen molar-refractivity contribution in [1.82, 2.24) is 19.9 Å². The first-order valence-electron chi connectivity index (χ1n) is 6.13. The third-order valence-corrected chi connectivity index (χ3v) is 2.91. The molecular weight excluding hydrogens is 250 g/mol. The topological polar surface area (TPSA) is 80.5 Å². The van der Waals surface area contributed by atoms with Gasteiger partial charge in [0.05, 0.1) is 23.8 Å². The summed E-state index contributed by atoms with van der Waals surface area (Å²) in [6.07, 6.45) is 4.95. The number of hydrogen-bond donors (Lipinski definition) is 2. The van der Waals surface area contributed by atoms with Gasteiger partial charge >= 0.3 is 0 Å². The van der Waals surface area contributed by atoms with Gasteiger partial charge in [0.25, 0.3) is 0 Å². The van der Waals surface area contributed by atoms with Gasteiger partial charge in [-0.15, -0.1) is 0 Å². The van der Waals surface area contributed by atoms with Crippen molar-refractivity contribution in [2.24, 2.45) is 0 Å². The standard InChI is InChI=1S/C15H13N5/c1-2-11-8-17-14(16)13(19-11)15-18-9-12(20-15)10-6-4-3-5-7-10/h2-9H,1H2,(H2,16,17)(H,18,20). The van der Waals surface area contributed by atoms with Gasteiger partial charge in [0.1, 0.15) is 5.69 Å². The summed E-state index contributed by atoms with van der Waals surface area (Å²) in [5.41, 5.74) is 9.01. The van der Waals surface area contributed by atoms with Gasteiger partial charge in [-0.05, 0) is 11.6 Å². The van der Waals surface area contributed by atoms with Crippen LogP contribution in [0.5, 0.6) is 0 Å². The highest BCUT2D eigenvalue weighted by Crippen LogP contribution is 2.23. The number of hydrogen-bond acceptors (Lipinski definition) is 4. The number of nitrogens with zero attached hydrogens (tertiary/aromatic N) is 3. The summed E-state index contributed by atoms with van der Waals surface area (Å²) in [6, 6.07) is 9.93. The number of anilines is 1. The number of rotatable bonds is 3. The summed E-state index contributed by atoms with van der Waals surface area (Å²) in [7, 11) is 0. The molecular formula is C15H13N5. The Balaban J connectivity index is 2.04. The Morgan fingerprint density at radius 1 is 1.10 bits per heavy atom. The van der Waals surface area contributed by atoms with E-state index in [9.17, 15) is 0 Å². The normalized spacial score (nSPS) is 10.4. The molecule has 5 nitrogen and oxygen atoms in total. The van der Waals surface area contributed by atoms with Gasteiger partial charge in [-0.2, -0.15) is 0 Å². The Morgan fingerprint density at radius 3 is 2.65 bits per heavy atom. The van der Waals surface area contributed by atoms with Crippen molar-refractivity contribution < 1.29 is 0 Å². The highest BCUT2D eigenvalue weighted by Gasteiger charge is 2.11. The molecule has 3 aromatic rings. The zero-order chi connectivity index (χ0) is 13.9. The van der Waals surface area contributed by atoms with Gasteiger partial charge in [-0.25, -0.2) is 15.0 Å². The van der Waals surface area contributed by atoms with E-state index in [1.165, 1.54) is 0 Å². The van der Waals surface area contributed by atoms with E-state index in [4.69, 9.17) is 5.73 Å². The first-order chi connectivity index (χ1) is 9.78. The van der Waals surface area contributed by atoms with E-state index >= 15 is 0 Å². The second kappa shape index (κ2) is 4.97. The molecule has 5 heteroatoms. The first-order valence-corrected chi connectivity index (χ1v) is 6.13. The number of aromatic amines is 1. The van der Waals surface area contributed by atoms with Crippen LogP contribution in [0.25, 0.3) is 28.9 Å². The minimum atomic E-state index is 0.338. The minimum Gasteiger partial charge on any atom is -0.382 e. The average Bonchev–Trinajstić information content (AvgIpc) is 2.98. The average molecular weight is 263 g/mol. The number of H-pyrrole nitrogens is 1. The van der Waals surface area contributed by atoms with Crippen LogP contribution in [0.2, 0.25) is 0 Å². The van der Waals surface area contributed by atoms with Crippen LogP contribution in [0, 0.1) is 0 Å². The number of nitrogens with one attached hydrogen (secondary N) is 1. The van der Waals surface area contributed by atoms with Gasteiger partial charge < -0.3 is 10.7 Å². The number of imidazole rings is 1. The van der Waals surface area contributed by atoms with Crippen LogP contribution >= 0.6 is 0 Å². The summed E-state index contributed by atoms with van der Waals surface area (Å²) < 4.78 is 0. The molecule has 0 saturated heterocycles. The Kier molecular flexibility index (Phi) is 3.01. The minimum absolute atomic E-state index is 0.338. The summed E-state index contributed by atoms with van der Waals surface area (Å²) in [5, 5.41) is 0. The highest BCUT2D eigenvalue weighted by atomic mass is 15.0. The van der Waals surface area contributed by atoms with Gasteiger partial charge in [0, 0.05) is 0 Å². The Bertz CT molecular complexity index is 746. The maximum absolute atomic E-state index is 5.86. The lowest BCUT2D eigenvalue weighted by Gasteiger charge is -2.02. The number of aromatic nitrogens is 4. The lowest BCUT2D eigenvalue weighted by Crippen LogP contribution is -1.99. The molecule has 0 bridgehead atoms. The van der Waals surface area contributed by atoms with Crippen LogP contribution in [0.1, 0.15) is 5.69 Å². The van der Waals surface area contributed by atoms with Crippen molar-refractivity contribution in [1.29, 1.82) is 0 Å². The molecule has 0 fully saturated rings. The van der Waals surface area contributed by atoms with Crippen molar-refractivity contribution in [3.63, 3.8) is 0 Å². The van der Waals surface area contributed by atoms with Crippen molar-refractivity contribution in [2.75, 3.05) is 5.73 Å². The smallest absolute Gasteiger partial charge is 0.160 e. The molecule has 0 saturated carbocycles. The van der Waals surface area contributed by atoms with E-state index in [1.54, 1.807) is 18.5 Å². The molecule has 2 heterocycles. The van der Waals surface area contributed by atoms with Crippen LogP contribution < -0.4 is 5.73 Å². The molecule has 0 atom stereocenters. The van der Waals surface area contributed by atoms with Crippen LogP contribution in [0.4, 0.5) is 5.82 Å². The summed E-state index contributed by atoms with van der Waals surface area (Å²) in [6.45, 7) is 3.67. The first kappa shape index (κ1) is 12.1. The van der Waals surface area contributed by atoms with Crippen LogP contribution in [-0.2, 0) is 0 Å². The van der Waals surface area contributed by atoms with Crippen molar-refractivity contribution in [3.05, 3.63) is 55.0 Å². The van der Waals surface area contributed by atoms with Gasteiger partial charge in [-0.1, -0.05) is 36.9 Å². The molecule has 0 aliphatic heterocycles. The van der Waals surface area contributed by atoms with Crippen LogP contribution in [0.3, 0.4) is 0 Å². The molecule has 0 spiro atoms. The maximum atomic E-state index is 5.86. The van der Waals surface area contributed by atoms with E-state index in [-0.39, 0.29) is 0 Å². The number of benzene rings is 1. The molecule has 98 valence electrons. The van der Waals surface area contributed by atoms with Gasteiger partial charge in [0.2, 0.25) is 0 Å². The Labute approximate surface area is 116 Å². The van der Waals surface area contributed by atoms with E-state index in [2.05, 4.69) is 26.5 Å². The fraction of sp³-hybridized carbons (Fsp3) is 0. The number of nitrogens with two attached hydrogens (primary N) is 1. The largest absolute Gasteiger partial charge is 0.382 e. The lowest BCUT2D eigenvalue weighted by molar-refractivity contribution is 1.15. The zero-order valence-electron chi connectivity index (χ0n) is 10.7. The van der Waals surface area contributed by atoms with E-state index in [1.807, 2.05) is 30.3 Å². The monoisotopic (exact) mass is 263 g/mol. The zero-order valence-corrected chi connectivity index (χ0v) is 10.7. The molecule has 3 rings (SSSR count). The fourth-order valence-electron chi connectivity index (χ4n) is 1.89. The molecule has 0 aliphatic rings. The van der Waals surface area contributed by atoms with Crippen molar-refractivity contribution in [3.8, 4) is 22.8 Å². The summed E-state index contributed by atoms with van der Waals surface area (Å²) >= 11 is 0. The van der Waals surface area contributed by atoms with Gasteiger partial charge in [0.15, 0.2) is 11.6 Å². The molecule has 0 radical (unpaired) electrons. The molecule has 3 N–H and O–H groups in total. The summed E-state index contributed by atoms with van der Waals surface area (Å²) in [5.74, 6) is 0.933. The molecule has 20 heavy (non-hydrogen) atoms. The third-order valence-electron chi connectivity index (χ3n) is 2.91. The molecule has 2 aromatic heterocycles. The predicted octanol–water partition coefficient (Wildman–Crippen LogP) is 2.76. The van der Waals surface area contributed by atoms with Gasteiger partial charge in [-0.3, -0.25) is 0 Å². The quantitative estimate of drug-likeness (QED) is 0.761. The van der Waals surface area contributed by atoms with Crippen LogP contribution in [0.15, 0.2) is 49.3 Å². The Morgan fingerprint density at radius 2 is 1.90 bits per heavy atom.